The van der Waals surface area contributed by atoms with Gasteiger partial charge in [0.2, 0.25) is 0 Å². The number of hydrogen-bond acceptors (Lipinski definition) is 3. The first-order chi connectivity index (χ1) is 8.15. The normalized spacial score (nSPS) is 18.2. The van der Waals surface area contributed by atoms with E-state index in [0.717, 1.165) is 18.4 Å². The fourth-order valence-electron chi connectivity index (χ4n) is 1.89. The number of carbonyl (C=O) groups is 1. The molecule has 3 heteroatoms. The standard InChI is InChI=1S/C14H22O3/c1-4-16-10-11(2)12(3)14(15)17-13-8-6-5-7-9-13/h4,13H,1,5-10H2,2-3H3. The third kappa shape index (κ3) is 4.63. The van der Waals surface area contributed by atoms with Crippen molar-refractivity contribution in [1.29, 1.82) is 0 Å². The van der Waals surface area contributed by atoms with E-state index in [0.29, 0.717) is 12.2 Å². The third-order valence-electron chi connectivity index (χ3n) is 3.19. The molecule has 0 radical (unpaired) electrons. The first-order valence-electron chi connectivity index (χ1n) is 6.25. The fraction of sp³-hybridized carbons (Fsp3) is 0.643. The van der Waals surface area contributed by atoms with Crippen LogP contribution in [0.3, 0.4) is 0 Å². The van der Waals surface area contributed by atoms with Crippen LogP contribution >= 0.6 is 0 Å². The van der Waals surface area contributed by atoms with Crippen LogP contribution in [0.15, 0.2) is 24.0 Å². The van der Waals surface area contributed by atoms with Crippen molar-refractivity contribution in [2.75, 3.05) is 6.61 Å². The zero-order valence-corrected chi connectivity index (χ0v) is 10.8. The summed E-state index contributed by atoms with van der Waals surface area (Å²) in [5.74, 6) is -0.206. The molecule has 96 valence electrons. The summed E-state index contributed by atoms with van der Waals surface area (Å²) in [4.78, 5) is 11.9. The van der Waals surface area contributed by atoms with E-state index in [1.165, 1.54) is 25.5 Å². The summed E-state index contributed by atoms with van der Waals surface area (Å²) in [6.07, 6.45) is 7.08. The molecular formula is C14H22O3. The van der Waals surface area contributed by atoms with Crippen LogP contribution in [0.5, 0.6) is 0 Å². The van der Waals surface area contributed by atoms with Crippen LogP contribution in [0.4, 0.5) is 0 Å². The van der Waals surface area contributed by atoms with Crippen molar-refractivity contribution >= 4 is 5.97 Å². The van der Waals surface area contributed by atoms with Gasteiger partial charge in [-0.15, -0.1) is 0 Å². The average molecular weight is 238 g/mol. The smallest absolute Gasteiger partial charge is 0.334 e. The Morgan fingerprint density at radius 1 is 1.29 bits per heavy atom. The van der Waals surface area contributed by atoms with Gasteiger partial charge in [-0.05, 0) is 45.1 Å². The van der Waals surface area contributed by atoms with Gasteiger partial charge in [0.1, 0.15) is 12.7 Å². The van der Waals surface area contributed by atoms with E-state index >= 15 is 0 Å². The maximum absolute atomic E-state index is 11.9. The number of carbonyl (C=O) groups excluding carboxylic acids is 1. The second-order valence-electron chi connectivity index (χ2n) is 4.55. The first kappa shape index (κ1) is 13.8. The van der Waals surface area contributed by atoms with Crippen LogP contribution in [0, 0.1) is 0 Å². The molecule has 0 bridgehead atoms. The molecule has 3 nitrogen and oxygen atoms in total. The molecule has 1 saturated carbocycles. The zero-order chi connectivity index (χ0) is 12.7. The van der Waals surface area contributed by atoms with Gasteiger partial charge in [0.05, 0.1) is 6.26 Å². The summed E-state index contributed by atoms with van der Waals surface area (Å²) >= 11 is 0. The molecule has 0 spiro atoms. The topological polar surface area (TPSA) is 35.5 Å². The highest BCUT2D eigenvalue weighted by Gasteiger charge is 2.19. The lowest BCUT2D eigenvalue weighted by Crippen LogP contribution is -2.22. The Morgan fingerprint density at radius 2 is 1.94 bits per heavy atom. The zero-order valence-electron chi connectivity index (χ0n) is 10.8. The fourth-order valence-corrected chi connectivity index (χ4v) is 1.89. The molecule has 0 N–H and O–H groups in total. The Hall–Kier alpha value is -1.25. The summed E-state index contributed by atoms with van der Waals surface area (Å²) in [5.41, 5.74) is 1.54. The Bertz CT molecular complexity index is 299. The highest BCUT2D eigenvalue weighted by Crippen LogP contribution is 2.21. The monoisotopic (exact) mass is 238 g/mol. The summed E-state index contributed by atoms with van der Waals surface area (Å²) in [5, 5.41) is 0. The highest BCUT2D eigenvalue weighted by molar-refractivity contribution is 5.88. The summed E-state index contributed by atoms with van der Waals surface area (Å²) in [7, 11) is 0. The predicted molar refractivity (Wildman–Crippen MR) is 67.5 cm³/mol. The van der Waals surface area contributed by atoms with Gasteiger partial charge in [0.15, 0.2) is 0 Å². The maximum Gasteiger partial charge on any atom is 0.334 e. The van der Waals surface area contributed by atoms with Crippen LogP contribution in [-0.2, 0) is 14.3 Å². The lowest BCUT2D eigenvalue weighted by molar-refractivity contribution is -0.145. The van der Waals surface area contributed by atoms with Gasteiger partial charge in [-0.25, -0.2) is 4.79 Å². The first-order valence-corrected chi connectivity index (χ1v) is 6.25. The molecule has 0 aromatic rings. The molecule has 0 amide bonds. The Kier molecular flexibility index (Phi) is 5.81. The van der Waals surface area contributed by atoms with Crippen LogP contribution in [0.25, 0.3) is 0 Å². The second-order valence-corrected chi connectivity index (χ2v) is 4.55. The van der Waals surface area contributed by atoms with Crippen molar-refractivity contribution in [3.8, 4) is 0 Å². The van der Waals surface area contributed by atoms with Crippen LogP contribution in [0.2, 0.25) is 0 Å². The number of rotatable bonds is 5. The van der Waals surface area contributed by atoms with Gasteiger partial charge in [-0.2, -0.15) is 0 Å². The lowest BCUT2D eigenvalue weighted by atomic mass is 9.98. The average Bonchev–Trinajstić information content (AvgIpc) is 2.36. The molecule has 0 aromatic heterocycles. The molecule has 17 heavy (non-hydrogen) atoms. The molecular weight excluding hydrogens is 216 g/mol. The lowest BCUT2D eigenvalue weighted by Gasteiger charge is -2.22. The van der Waals surface area contributed by atoms with Crippen molar-refractivity contribution in [3.63, 3.8) is 0 Å². The van der Waals surface area contributed by atoms with Gasteiger partial charge < -0.3 is 9.47 Å². The molecule has 1 fully saturated rings. The van der Waals surface area contributed by atoms with Crippen molar-refractivity contribution in [2.24, 2.45) is 0 Å². The number of hydrogen-bond donors (Lipinski definition) is 0. The summed E-state index contributed by atoms with van der Waals surface area (Å²) < 4.78 is 10.5. The maximum atomic E-state index is 11.9. The van der Waals surface area contributed by atoms with E-state index in [9.17, 15) is 4.79 Å². The van der Waals surface area contributed by atoms with Gasteiger partial charge in [0.25, 0.3) is 0 Å². The SMILES string of the molecule is C=COCC(C)=C(C)C(=O)OC1CCCCC1. The van der Waals surface area contributed by atoms with Crippen molar-refractivity contribution in [3.05, 3.63) is 24.0 Å². The summed E-state index contributed by atoms with van der Waals surface area (Å²) in [6.45, 7) is 7.53. The van der Waals surface area contributed by atoms with E-state index < -0.39 is 0 Å². The highest BCUT2D eigenvalue weighted by atomic mass is 16.5. The van der Waals surface area contributed by atoms with Gasteiger partial charge in [-0.3, -0.25) is 0 Å². The minimum absolute atomic E-state index is 0.110. The predicted octanol–water partition coefficient (Wildman–Crippen LogP) is 3.36. The number of esters is 1. The second kappa shape index (κ2) is 7.15. The minimum atomic E-state index is -0.206. The molecule has 0 atom stereocenters. The quantitative estimate of drug-likeness (QED) is 0.418. The number of ether oxygens (including phenoxy) is 2. The molecule has 0 aliphatic heterocycles. The van der Waals surface area contributed by atoms with E-state index in [1.54, 1.807) is 6.92 Å². The van der Waals surface area contributed by atoms with Crippen LogP contribution in [0.1, 0.15) is 46.0 Å². The van der Waals surface area contributed by atoms with E-state index in [1.807, 2.05) is 6.92 Å². The van der Waals surface area contributed by atoms with Gasteiger partial charge in [-0.1, -0.05) is 13.0 Å². The molecule has 1 aliphatic carbocycles. The molecule has 0 saturated heterocycles. The van der Waals surface area contributed by atoms with E-state index in [2.05, 4.69) is 6.58 Å². The van der Waals surface area contributed by atoms with Crippen molar-refractivity contribution < 1.29 is 14.3 Å². The molecule has 1 rings (SSSR count). The third-order valence-corrected chi connectivity index (χ3v) is 3.19. The molecule has 1 aliphatic rings. The van der Waals surface area contributed by atoms with Crippen molar-refractivity contribution in [2.45, 2.75) is 52.1 Å². The van der Waals surface area contributed by atoms with Crippen LogP contribution < -0.4 is 0 Å². The minimum Gasteiger partial charge on any atom is -0.497 e. The summed E-state index contributed by atoms with van der Waals surface area (Å²) in [6, 6.07) is 0. The van der Waals surface area contributed by atoms with Crippen molar-refractivity contribution in [1.82, 2.24) is 0 Å². The molecule has 0 unspecified atom stereocenters. The Labute approximate surface area is 103 Å². The molecule has 0 aromatic carbocycles. The Balaban J connectivity index is 2.47. The van der Waals surface area contributed by atoms with Crippen LogP contribution in [-0.4, -0.2) is 18.7 Å². The Morgan fingerprint density at radius 3 is 2.53 bits per heavy atom. The van der Waals surface area contributed by atoms with E-state index in [4.69, 9.17) is 9.47 Å². The van der Waals surface area contributed by atoms with E-state index in [-0.39, 0.29) is 12.1 Å². The van der Waals surface area contributed by atoms with Gasteiger partial charge in [0, 0.05) is 5.57 Å². The molecule has 0 heterocycles. The van der Waals surface area contributed by atoms with Gasteiger partial charge >= 0.3 is 5.97 Å². The largest absolute Gasteiger partial charge is 0.497 e.